The van der Waals surface area contributed by atoms with Crippen LogP contribution in [0.5, 0.6) is 0 Å². The van der Waals surface area contributed by atoms with Gasteiger partial charge >= 0.3 is 0 Å². The Morgan fingerprint density at radius 2 is 2.00 bits per heavy atom. The molecule has 0 spiro atoms. The molecule has 84 valence electrons. The van der Waals surface area contributed by atoms with E-state index in [-0.39, 0.29) is 12.4 Å². The number of hydrogen-bond donors (Lipinski definition) is 1. The SMILES string of the molecule is Cl.[2H]C1([2H])NC([2H])([2H])C([2H])([2H])C([2H])(C([2H])([2H])c2ccc(F)cc2)C1([2H])[2H]. The zero-order valence-electron chi connectivity index (χ0n) is 18.6. The van der Waals surface area contributed by atoms with Gasteiger partial charge in [0.25, 0.3) is 0 Å². The molecule has 0 radical (unpaired) electrons. The lowest BCUT2D eigenvalue weighted by Gasteiger charge is -2.22. The molecule has 0 aromatic heterocycles. The van der Waals surface area contributed by atoms with Gasteiger partial charge in [0.2, 0.25) is 0 Å². The average Bonchev–Trinajstić information content (AvgIpc) is 2.43. The minimum absolute atomic E-state index is 0. The van der Waals surface area contributed by atoms with Gasteiger partial charge in [-0.2, -0.15) is 0 Å². The average molecular weight is 241 g/mol. The molecule has 1 aromatic rings. The molecular weight excluding hydrogens is 213 g/mol. The zero-order valence-corrected chi connectivity index (χ0v) is 8.41. The van der Waals surface area contributed by atoms with Crippen molar-refractivity contribution in [3.63, 3.8) is 0 Å². The van der Waals surface area contributed by atoms with Crippen LogP contribution in [0.4, 0.5) is 4.39 Å². The van der Waals surface area contributed by atoms with Gasteiger partial charge in [0, 0.05) is 15.1 Å². The monoisotopic (exact) mass is 240 g/mol. The Bertz CT molecular complexity index is 650. The van der Waals surface area contributed by atoms with Crippen LogP contribution in [0.25, 0.3) is 0 Å². The molecule has 1 fully saturated rings. The van der Waals surface area contributed by atoms with Crippen molar-refractivity contribution in [1.82, 2.24) is 5.32 Å². The molecule has 15 heavy (non-hydrogen) atoms. The third kappa shape index (κ3) is 3.80. The molecule has 1 aromatic carbocycles. The highest BCUT2D eigenvalue weighted by molar-refractivity contribution is 5.85. The van der Waals surface area contributed by atoms with E-state index in [9.17, 15) is 4.39 Å². The van der Waals surface area contributed by atoms with E-state index in [2.05, 4.69) is 0 Å². The van der Waals surface area contributed by atoms with Gasteiger partial charge in [-0.05, 0) is 55.7 Å². The minimum atomic E-state index is -3.55. The van der Waals surface area contributed by atoms with E-state index in [1.54, 1.807) is 5.32 Å². The Labute approximate surface area is 112 Å². The van der Waals surface area contributed by atoms with Gasteiger partial charge in [0.05, 0.1) is 0 Å². The third-order valence-corrected chi connectivity index (χ3v) is 1.61. The third-order valence-electron chi connectivity index (χ3n) is 1.61. The summed E-state index contributed by atoms with van der Waals surface area (Å²) in [7, 11) is 0. The minimum Gasteiger partial charge on any atom is -0.317 e. The quantitative estimate of drug-likeness (QED) is 0.839. The molecule has 1 heterocycles. The topological polar surface area (TPSA) is 12.0 Å². The molecule has 0 aliphatic carbocycles. The van der Waals surface area contributed by atoms with E-state index in [0.29, 0.717) is 0 Å². The second kappa shape index (κ2) is 6.09. The van der Waals surface area contributed by atoms with Gasteiger partial charge in [0.1, 0.15) is 5.82 Å². The number of nitrogens with one attached hydrogen (secondary N) is 1. The van der Waals surface area contributed by atoms with Gasteiger partial charge in [-0.1, -0.05) is 12.1 Å². The summed E-state index contributed by atoms with van der Waals surface area (Å²) in [6, 6.07) is 3.47. The molecule has 3 heteroatoms. The highest BCUT2D eigenvalue weighted by Gasteiger charge is 2.13. The second-order valence-corrected chi connectivity index (χ2v) is 2.63. The van der Waals surface area contributed by atoms with Crippen LogP contribution in [-0.2, 0) is 6.37 Å². The molecule has 0 unspecified atom stereocenters. The summed E-state index contributed by atoms with van der Waals surface area (Å²) in [6.45, 7) is -6.51. The van der Waals surface area contributed by atoms with E-state index in [0.717, 1.165) is 24.3 Å². The standard InChI is InChI=1S/C12H16FN.ClH/c13-12-3-1-10(2-4-12)9-11-5-7-14-8-6-11;/h1-4,11,14H,5-9H2;1H/i5D2,6D2,7D2,8D2,9D2,11D;. The van der Waals surface area contributed by atoms with Crippen molar-refractivity contribution in [2.24, 2.45) is 5.89 Å². The Hall–Kier alpha value is -0.600. The molecule has 1 aliphatic heterocycles. The van der Waals surface area contributed by atoms with Gasteiger partial charge in [-0.15, -0.1) is 12.4 Å². The molecule has 1 saturated heterocycles. The lowest BCUT2D eigenvalue weighted by Crippen LogP contribution is -2.28. The molecule has 0 amide bonds. The lowest BCUT2D eigenvalue weighted by molar-refractivity contribution is 0.372. The van der Waals surface area contributed by atoms with Crippen LogP contribution in [0.2, 0.25) is 0 Å². The van der Waals surface area contributed by atoms with Crippen molar-refractivity contribution in [1.29, 1.82) is 0 Å². The van der Waals surface area contributed by atoms with Crippen LogP contribution >= 0.6 is 12.4 Å². The fourth-order valence-corrected chi connectivity index (χ4v) is 0.990. The van der Waals surface area contributed by atoms with Gasteiger partial charge in [-0.3, -0.25) is 0 Å². The fraction of sp³-hybridized carbons (Fsp3) is 0.500. The summed E-state index contributed by atoms with van der Waals surface area (Å²) in [5.41, 5.74) is -0.467. The van der Waals surface area contributed by atoms with Crippen molar-refractivity contribution in [2.75, 3.05) is 13.0 Å². The second-order valence-electron chi connectivity index (χ2n) is 2.63. The van der Waals surface area contributed by atoms with Crippen molar-refractivity contribution in [3.8, 4) is 0 Å². The first-order chi connectivity index (χ1) is 11.0. The Balaban J connectivity index is 0.00000338. The van der Waals surface area contributed by atoms with Crippen LogP contribution in [0, 0.1) is 11.7 Å². The summed E-state index contributed by atoms with van der Waals surface area (Å²) >= 11 is 0. The molecule has 0 saturated carbocycles. The Morgan fingerprint density at radius 3 is 2.60 bits per heavy atom. The molecule has 1 nitrogen and oxygen atoms in total. The van der Waals surface area contributed by atoms with Gasteiger partial charge in [-0.25, -0.2) is 4.39 Å². The van der Waals surface area contributed by atoms with Gasteiger partial charge < -0.3 is 5.32 Å². The molecular formula is C12H17ClFN. The normalized spacial score (nSPS) is 44.5. The highest BCUT2D eigenvalue weighted by Crippen LogP contribution is 2.17. The predicted molar refractivity (Wildman–Crippen MR) is 62.9 cm³/mol. The van der Waals surface area contributed by atoms with Crippen molar-refractivity contribution < 1.29 is 19.5 Å². The maximum atomic E-state index is 13.1. The maximum absolute atomic E-state index is 13.1. The van der Waals surface area contributed by atoms with Crippen LogP contribution in [0.3, 0.4) is 0 Å². The molecule has 1 N–H and O–H groups in total. The number of piperidine rings is 1. The lowest BCUT2D eigenvalue weighted by atomic mass is 9.91. The van der Waals surface area contributed by atoms with Crippen molar-refractivity contribution in [3.05, 3.63) is 35.6 Å². The van der Waals surface area contributed by atoms with Crippen LogP contribution in [-0.4, -0.2) is 13.0 Å². The Morgan fingerprint density at radius 1 is 1.40 bits per heavy atom. The van der Waals surface area contributed by atoms with Crippen LogP contribution < -0.4 is 5.32 Å². The largest absolute Gasteiger partial charge is 0.317 e. The summed E-state index contributed by atoms with van der Waals surface area (Å²) in [4.78, 5) is 0. The number of rotatable bonds is 2. The van der Waals surface area contributed by atoms with Crippen molar-refractivity contribution >= 4 is 12.4 Å². The Kier molecular flexibility index (Phi) is 1.63. The first-order valence-electron chi connectivity index (χ1n) is 9.51. The van der Waals surface area contributed by atoms with E-state index in [4.69, 9.17) is 15.1 Å². The predicted octanol–water partition coefficient (Wildman–Crippen LogP) is 2.79. The zero-order chi connectivity index (χ0) is 19.7. The molecule has 0 atom stereocenters. The van der Waals surface area contributed by atoms with E-state index in [1.165, 1.54) is 0 Å². The van der Waals surface area contributed by atoms with E-state index in [1.807, 2.05) is 0 Å². The number of benzene rings is 1. The number of halogens is 2. The van der Waals surface area contributed by atoms with E-state index < -0.39 is 49.4 Å². The summed E-state index contributed by atoms with van der Waals surface area (Å²) in [5.74, 6) is -4.29. The smallest absolute Gasteiger partial charge is 0.123 e. The van der Waals surface area contributed by atoms with Crippen molar-refractivity contribution in [2.45, 2.75) is 19.1 Å². The maximum Gasteiger partial charge on any atom is 0.123 e. The summed E-state index contributed by atoms with van der Waals surface area (Å²) in [6.07, 6.45) is -10.2. The fourth-order valence-electron chi connectivity index (χ4n) is 0.990. The summed E-state index contributed by atoms with van der Waals surface area (Å²) in [5, 5.41) is 1.57. The molecule has 0 bridgehead atoms. The van der Waals surface area contributed by atoms with Crippen LogP contribution in [0.15, 0.2) is 24.3 Å². The first kappa shape index (κ1) is 4.01. The summed E-state index contributed by atoms with van der Waals surface area (Å²) < 4.78 is 101. The molecule has 1 aliphatic rings. The first-order valence-corrected chi connectivity index (χ1v) is 4.01. The van der Waals surface area contributed by atoms with E-state index >= 15 is 0 Å². The van der Waals surface area contributed by atoms with Gasteiger partial charge in [0.15, 0.2) is 0 Å². The number of hydrogen-bond acceptors (Lipinski definition) is 1. The van der Waals surface area contributed by atoms with Crippen LogP contribution in [0.1, 0.15) is 33.4 Å². The highest BCUT2D eigenvalue weighted by atomic mass is 35.5. The molecule has 2 rings (SSSR count).